The number of hydrogen-bond donors (Lipinski definition) is 1. The molecule has 0 saturated heterocycles. The van der Waals surface area contributed by atoms with Gasteiger partial charge in [0.2, 0.25) is 0 Å². The average Bonchev–Trinajstić information content (AvgIpc) is 2.82. The molecule has 0 spiro atoms. The van der Waals surface area contributed by atoms with E-state index in [1.165, 1.54) is 44.9 Å². The number of nitriles is 1. The van der Waals surface area contributed by atoms with Gasteiger partial charge in [0.05, 0.1) is 12.2 Å². The van der Waals surface area contributed by atoms with Gasteiger partial charge < -0.3 is 5.11 Å². The molecule has 8 atom stereocenters. The second kappa shape index (κ2) is 4.98. The van der Waals surface area contributed by atoms with Gasteiger partial charge in [0.1, 0.15) is 0 Å². The molecule has 116 valence electrons. The van der Waals surface area contributed by atoms with Crippen LogP contribution in [0.2, 0.25) is 0 Å². The molecule has 0 aliphatic heterocycles. The van der Waals surface area contributed by atoms with Gasteiger partial charge in [-0.25, -0.2) is 0 Å². The maximum atomic E-state index is 10.4. The van der Waals surface area contributed by atoms with Crippen LogP contribution in [0.25, 0.3) is 0 Å². The molecule has 4 rings (SSSR count). The Hall–Kier alpha value is -0.550. The summed E-state index contributed by atoms with van der Waals surface area (Å²) in [5.41, 5.74) is 0.220. The lowest BCUT2D eigenvalue weighted by atomic mass is 9.50. The summed E-state index contributed by atoms with van der Waals surface area (Å²) in [6.45, 7) is 2.37. The molecule has 1 N–H and O–H groups in total. The van der Waals surface area contributed by atoms with Crippen LogP contribution < -0.4 is 0 Å². The van der Waals surface area contributed by atoms with Crippen molar-refractivity contribution in [3.05, 3.63) is 0 Å². The quantitative estimate of drug-likeness (QED) is 0.727. The summed E-state index contributed by atoms with van der Waals surface area (Å²) in [4.78, 5) is 0. The third kappa shape index (κ3) is 2.00. The fourth-order valence-corrected chi connectivity index (χ4v) is 6.94. The highest BCUT2D eigenvalue weighted by Gasteiger charge is 2.56. The van der Waals surface area contributed by atoms with Crippen molar-refractivity contribution in [2.45, 2.75) is 70.8 Å². The number of rotatable bonds is 0. The molecule has 0 aromatic rings. The topological polar surface area (TPSA) is 44.0 Å². The predicted octanol–water partition coefficient (Wildman–Crippen LogP) is 4.14. The maximum absolute atomic E-state index is 10.4. The third-order valence-electron chi connectivity index (χ3n) is 8.09. The fraction of sp³-hybridized carbons (Fsp3) is 0.947. The number of hydrogen-bond acceptors (Lipinski definition) is 2. The number of fused-ring (bicyclic) bond motifs is 5. The van der Waals surface area contributed by atoms with E-state index >= 15 is 0 Å². The van der Waals surface area contributed by atoms with Gasteiger partial charge in [-0.2, -0.15) is 5.26 Å². The zero-order valence-electron chi connectivity index (χ0n) is 13.3. The minimum Gasteiger partial charge on any atom is -0.393 e. The van der Waals surface area contributed by atoms with Gasteiger partial charge in [-0.15, -0.1) is 0 Å². The van der Waals surface area contributed by atoms with Crippen molar-refractivity contribution in [1.82, 2.24) is 0 Å². The molecular formula is C19H29NO. The first kappa shape index (κ1) is 14.1. The van der Waals surface area contributed by atoms with Gasteiger partial charge in [-0.1, -0.05) is 6.92 Å². The van der Waals surface area contributed by atoms with Crippen molar-refractivity contribution < 1.29 is 5.11 Å². The zero-order chi connectivity index (χ0) is 14.6. The molecule has 1 unspecified atom stereocenters. The van der Waals surface area contributed by atoms with Crippen molar-refractivity contribution >= 4 is 0 Å². The average molecular weight is 287 g/mol. The first-order valence-corrected chi connectivity index (χ1v) is 9.21. The second-order valence-corrected chi connectivity index (χ2v) is 8.71. The maximum Gasteiger partial charge on any atom is 0.0655 e. The third-order valence-corrected chi connectivity index (χ3v) is 8.09. The molecule has 4 fully saturated rings. The normalized spacial score (nSPS) is 56.0. The van der Waals surface area contributed by atoms with Crippen molar-refractivity contribution in [3.63, 3.8) is 0 Å². The largest absolute Gasteiger partial charge is 0.393 e. The molecule has 0 radical (unpaired) electrons. The Bertz CT molecular complexity index is 455. The van der Waals surface area contributed by atoms with Gasteiger partial charge in [-0.3, -0.25) is 0 Å². The van der Waals surface area contributed by atoms with Gasteiger partial charge in [0.15, 0.2) is 0 Å². The molecule has 0 amide bonds. The summed E-state index contributed by atoms with van der Waals surface area (Å²) < 4.78 is 0. The van der Waals surface area contributed by atoms with Crippen molar-refractivity contribution in [1.29, 1.82) is 5.26 Å². The summed E-state index contributed by atoms with van der Waals surface area (Å²) >= 11 is 0. The Balaban J connectivity index is 1.54. The monoisotopic (exact) mass is 287 g/mol. The lowest BCUT2D eigenvalue weighted by Crippen LogP contribution is -2.49. The van der Waals surface area contributed by atoms with E-state index in [9.17, 15) is 10.4 Å². The number of aliphatic hydroxyl groups excluding tert-OH is 1. The number of aliphatic hydroxyl groups is 1. The summed E-state index contributed by atoms with van der Waals surface area (Å²) in [5.74, 6) is 4.63. The zero-order valence-corrected chi connectivity index (χ0v) is 13.3. The summed E-state index contributed by atoms with van der Waals surface area (Å²) in [7, 11) is 0. The molecule has 0 heterocycles. The Labute approximate surface area is 128 Å². The summed E-state index contributed by atoms with van der Waals surface area (Å²) in [5, 5.41) is 19.7. The smallest absolute Gasteiger partial charge is 0.0655 e. The highest BCUT2D eigenvalue weighted by Crippen LogP contribution is 2.62. The van der Waals surface area contributed by atoms with Crippen LogP contribution in [0.15, 0.2) is 0 Å². The molecule has 0 aromatic heterocycles. The van der Waals surface area contributed by atoms with Crippen LogP contribution in [0.1, 0.15) is 64.7 Å². The summed E-state index contributed by atoms with van der Waals surface area (Å²) in [6, 6.07) is 2.52. The molecule has 2 nitrogen and oxygen atoms in total. The highest BCUT2D eigenvalue weighted by atomic mass is 16.3. The Morgan fingerprint density at radius 2 is 1.76 bits per heavy atom. The van der Waals surface area contributed by atoms with Crippen LogP contribution in [-0.2, 0) is 0 Å². The second-order valence-electron chi connectivity index (χ2n) is 8.71. The van der Waals surface area contributed by atoms with E-state index in [2.05, 4.69) is 13.0 Å². The van der Waals surface area contributed by atoms with E-state index in [0.717, 1.165) is 42.4 Å². The van der Waals surface area contributed by atoms with Gasteiger partial charge in [0, 0.05) is 5.92 Å². The standard InChI is InChI=1S/C19H29NO/c1-19-9-8-15-14-4-2-12(11-20)10-13(14)3-5-16(15)17(19)6-7-18(19)21/h12-18,21H,2-10H2,1H3/t12?,13-,14-,15+,16+,17-,18-,19-/m0/s1. The highest BCUT2D eigenvalue weighted by molar-refractivity contribution is 5.06. The van der Waals surface area contributed by atoms with Crippen molar-refractivity contribution in [2.24, 2.45) is 40.9 Å². The first-order chi connectivity index (χ1) is 10.1. The van der Waals surface area contributed by atoms with E-state index in [-0.39, 0.29) is 11.5 Å². The van der Waals surface area contributed by atoms with Gasteiger partial charge in [-0.05, 0) is 92.8 Å². The van der Waals surface area contributed by atoms with Crippen LogP contribution in [0.3, 0.4) is 0 Å². The van der Waals surface area contributed by atoms with Gasteiger partial charge >= 0.3 is 0 Å². The lowest BCUT2D eigenvalue weighted by molar-refractivity contribution is -0.0833. The Morgan fingerprint density at radius 1 is 0.952 bits per heavy atom. The Morgan fingerprint density at radius 3 is 2.57 bits per heavy atom. The van der Waals surface area contributed by atoms with E-state index in [4.69, 9.17) is 0 Å². The first-order valence-electron chi connectivity index (χ1n) is 9.21. The minimum atomic E-state index is -0.0458. The Kier molecular flexibility index (Phi) is 3.34. The molecule has 4 saturated carbocycles. The van der Waals surface area contributed by atoms with Crippen LogP contribution >= 0.6 is 0 Å². The molecule has 2 heteroatoms. The molecule has 21 heavy (non-hydrogen) atoms. The van der Waals surface area contributed by atoms with Crippen LogP contribution in [0, 0.1) is 52.3 Å². The number of nitrogens with zero attached hydrogens (tertiary/aromatic N) is 1. The molecule has 0 bridgehead atoms. The molecule has 0 aromatic carbocycles. The van der Waals surface area contributed by atoms with E-state index < -0.39 is 0 Å². The van der Waals surface area contributed by atoms with E-state index in [1.807, 2.05) is 0 Å². The van der Waals surface area contributed by atoms with E-state index in [0.29, 0.717) is 5.92 Å². The molecule has 4 aliphatic rings. The van der Waals surface area contributed by atoms with Crippen molar-refractivity contribution in [2.75, 3.05) is 0 Å². The molecule has 4 aliphatic carbocycles. The predicted molar refractivity (Wildman–Crippen MR) is 82.2 cm³/mol. The summed E-state index contributed by atoms with van der Waals surface area (Å²) in [6.07, 6.45) is 11.2. The van der Waals surface area contributed by atoms with Crippen molar-refractivity contribution in [3.8, 4) is 6.07 Å². The lowest BCUT2D eigenvalue weighted by Gasteiger charge is -2.55. The minimum absolute atomic E-state index is 0.0458. The molecular weight excluding hydrogens is 258 g/mol. The van der Waals surface area contributed by atoms with Crippen LogP contribution in [0.5, 0.6) is 0 Å². The van der Waals surface area contributed by atoms with Crippen LogP contribution in [0.4, 0.5) is 0 Å². The van der Waals surface area contributed by atoms with E-state index in [1.54, 1.807) is 0 Å². The fourth-order valence-electron chi connectivity index (χ4n) is 6.94. The van der Waals surface area contributed by atoms with Gasteiger partial charge in [0.25, 0.3) is 0 Å². The SMILES string of the molecule is C[C@]12CC[C@H]3[C@@H](CC[C@H]4CC(C#N)CC[C@@H]43)[C@@H]1CC[C@@H]2O. The van der Waals surface area contributed by atoms with Crippen LogP contribution in [-0.4, -0.2) is 11.2 Å².